The number of rotatable bonds is 13. The Bertz CT molecular complexity index is 1940. The minimum absolute atomic E-state index is 0.205. The average molecular weight is 738 g/mol. The molecule has 2 aliphatic heterocycles. The van der Waals surface area contributed by atoms with Gasteiger partial charge in [-0.1, -0.05) is 29.3 Å². The maximum Gasteiger partial charge on any atom is 0.350 e. The number of ether oxygens (including phenoxy) is 5. The number of hydrogen-bond donors (Lipinski definition) is 0. The summed E-state index contributed by atoms with van der Waals surface area (Å²) in [5.74, 6) is -0.429. The molecule has 0 spiro atoms. The zero-order valence-corrected chi connectivity index (χ0v) is 29.7. The van der Waals surface area contributed by atoms with Crippen LogP contribution in [-0.4, -0.2) is 95.1 Å². The SMILES string of the molecule is COC(Cn1ncn(-c2ccc(N3CCN(c4ccc(OCC5COC(Cn6cncn6)(c6ccc(Cl)cc6Cl)O5)cc4)CC3)cc2)c1=O)OC. The van der Waals surface area contributed by atoms with Gasteiger partial charge < -0.3 is 33.5 Å². The third kappa shape index (κ3) is 7.76. The van der Waals surface area contributed by atoms with Crippen molar-refractivity contribution >= 4 is 34.6 Å². The lowest BCUT2D eigenvalue weighted by molar-refractivity contribution is -0.190. The first-order valence-electron chi connectivity index (χ1n) is 16.5. The van der Waals surface area contributed by atoms with E-state index in [1.165, 1.54) is 36.1 Å². The zero-order chi connectivity index (χ0) is 35.4. The van der Waals surface area contributed by atoms with Gasteiger partial charge in [0.05, 0.1) is 23.9 Å². The van der Waals surface area contributed by atoms with Crippen molar-refractivity contribution < 1.29 is 23.7 Å². The van der Waals surface area contributed by atoms with Crippen LogP contribution in [0.25, 0.3) is 5.69 Å². The molecule has 5 aromatic rings. The highest BCUT2D eigenvalue weighted by molar-refractivity contribution is 6.35. The van der Waals surface area contributed by atoms with Crippen molar-refractivity contribution in [1.82, 2.24) is 29.1 Å². The summed E-state index contributed by atoms with van der Waals surface area (Å²) < 4.78 is 33.7. The molecule has 7 rings (SSSR count). The van der Waals surface area contributed by atoms with E-state index in [1.807, 2.05) is 42.5 Å². The Hall–Kier alpha value is -4.44. The number of anilines is 2. The van der Waals surface area contributed by atoms with Gasteiger partial charge in [-0.15, -0.1) is 0 Å². The smallest absolute Gasteiger partial charge is 0.350 e. The van der Waals surface area contributed by atoms with Gasteiger partial charge in [0.2, 0.25) is 5.79 Å². The molecule has 0 saturated carbocycles. The van der Waals surface area contributed by atoms with Gasteiger partial charge in [-0.25, -0.2) is 23.7 Å². The van der Waals surface area contributed by atoms with E-state index in [0.717, 1.165) is 49.0 Å². The van der Waals surface area contributed by atoms with Crippen LogP contribution in [0.5, 0.6) is 5.75 Å². The van der Waals surface area contributed by atoms with Gasteiger partial charge in [-0.2, -0.15) is 10.2 Å². The number of aromatic nitrogens is 6. The number of hydrogen-bond acceptors (Lipinski definition) is 11. The second-order valence-corrected chi connectivity index (χ2v) is 13.0. The summed E-state index contributed by atoms with van der Waals surface area (Å²) >= 11 is 12.7. The summed E-state index contributed by atoms with van der Waals surface area (Å²) in [6.45, 7) is 4.52. The molecule has 2 fully saturated rings. The predicted octanol–water partition coefficient (Wildman–Crippen LogP) is 4.23. The van der Waals surface area contributed by atoms with Crippen molar-refractivity contribution in [2.45, 2.75) is 31.3 Å². The predicted molar refractivity (Wildman–Crippen MR) is 191 cm³/mol. The minimum atomic E-state index is -1.17. The lowest BCUT2D eigenvalue weighted by Crippen LogP contribution is -2.46. The zero-order valence-electron chi connectivity index (χ0n) is 28.2. The fraction of sp³-hybridized carbons (Fsp3) is 0.371. The third-order valence-electron chi connectivity index (χ3n) is 9.03. The molecule has 2 atom stereocenters. The van der Waals surface area contributed by atoms with Crippen LogP contribution < -0.4 is 20.2 Å². The molecule has 16 heteroatoms. The summed E-state index contributed by atoms with van der Waals surface area (Å²) in [5, 5.41) is 9.40. The molecular formula is C35H38Cl2N8O6. The molecule has 4 heterocycles. The molecule has 0 amide bonds. The maximum absolute atomic E-state index is 12.9. The van der Waals surface area contributed by atoms with Crippen molar-refractivity contribution in [3.63, 3.8) is 0 Å². The normalized spacial score (nSPS) is 19.3. The molecule has 14 nitrogen and oxygen atoms in total. The third-order valence-corrected chi connectivity index (χ3v) is 9.58. The quantitative estimate of drug-likeness (QED) is 0.162. The fourth-order valence-corrected chi connectivity index (χ4v) is 6.85. The Labute approximate surface area is 304 Å². The van der Waals surface area contributed by atoms with Crippen LogP contribution in [0.4, 0.5) is 11.4 Å². The molecule has 2 aliphatic rings. The van der Waals surface area contributed by atoms with Crippen molar-refractivity contribution in [1.29, 1.82) is 0 Å². The molecule has 2 aromatic heterocycles. The van der Waals surface area contributed by atoms with Gasteiger partial charge >= 0.3 is 5.69 Å². The Balaban J connectivity index is 0.915. The molecule has 0 radical (unpaired) electrons. The van der Waals surface area contributed by atoms with E-state index in [9.17, 15) is 4.79 Å². The van der Waals surface area contributed by atoms with Crippen LogP contribution in [0.3, 0.4) is 0 Å². The van der Waals surface area contributed by atoms with E-state index in [4.69, 9.17) is 46.9 Å². The number of benzene rings is 3. The maximum atomic E-state index is 12.9. The number of methoxy groups -OCH3 is 2. The highest BCUT2D eigenvalue weighted by Gasteiger charge is 2.45. The Morgan fingerprint density at radius 2 is 1.55 bits per heavy atom. The summed E-state index contributed by atoms with van der Waals surface area (Å²) in [7, 11) is 3.05. The van der Waals surface area contributed by atoms with E-state index >= 15 is 0 Å². The van der Waals surface area contributed by atoms with Gasteiger partial charge in [-0.3, -0.25) is 0 Å². The Kier molecular flexibility index (Phi) is 10.6. The first-order chi connectivity index (χ1) is 24.8. The monoisotopic (exact) mass is 736 g/mol. The Morgan fingerprint density at radius 1 is 0.882 bits per heavy atom. The van der Waals surface area contributed by atoms with Crippen LogP contribution in [0.1, 0.15) is 5.56 Å². The van der Waals surface area contributed by atoms with Gasteiger partial charge in [0.15, 0.2) is 6.29 Å². The number of piperazine rings is 1. The number of nitrogens with zero attached hydrogens (tertiary/aromatic N) is 8. The summed E-state index contributed by atoms with van der Waals surface area (Å²) in [6, 6.07) is 21.3. The summed E-state index contributed by atoms with van der Waals surface area (Å²) in [4.78, 5) is 21.6. The second kappa shape index (κ2) is 15.4. The second-order valence-electron chi connectivity index (χ2n) is 12.2. The number of halogens is 2. The summed E-state index contributed by atoms with van der Waals surface area (Å²) in [5.41, 5.74) is 3.37. The van der Waals surface area contributed by atoms with Gasteiger partial charge in [0.1, 0.15) is 44.0 Å². The lowest BCUT2D eigenvalue weighted by atomic mass is 10.1. The van der Waals surface area contributed by atoms with Crippen LogP contribution in [0.2, 0.25) is 10.0 Å². The fourth-order valence-electron chi connectivity index (χ4n) is 6.30. The van der Waals surface area contributed by atoms with E-state index in [1.54, 1.807) is 23.1 Å². The van der Waals surface area contributed by atoms with E-state index < -0.39 is 12.1 Å². The van der Waals surface area contributed by atoms with E-state index in [-0.39, 0.29) is 24.9 Å². The van der Waals surface area contributed by atoms with Crippen LogP contribution in [0.15, 0.2) is 90.5 Å². The molecule has 2 unspecified atom stereocenters. The highest BCUT2D eigenvalue weighted by atomic mass is 35.5. The molecule has 0 N–H and O–H groups in total. The topological polar surface area (TPSA) is 123 Å². The van der Waals surface area contributed by atoms with E-state index in [2.05, 4.69) is 37.1 Å². The standard InChI is InChI=1S/C35H38Cl2N8O6/c1-47-33(48-2)18-45-34(46)44(24-40-45)28-6-4-26(5-7-28)41-13-15-42(16-14-41)27-8-10-29(11-9-27)49-19-30-20-50-35(51-30,21-43-23-38-22-39-43)31-12-3-25(36)17-32(31)37/h3-12,17,22-24,30,33H,13-16,18-21H2,1-2H3. The van der Waals surface area contributed by atoms with Crippen LogP contribution >= 0.6 is 23.2 Å². The van der Waals surface area contributed by atoms with Crippen LogP contribution in [-0.2, 0) is 37.8 Å². The molecule has 268 valence electrons. The molecule has 2 saturated heterocycles. The molecule has 3 aromatic carbocycles. The van der Waals surface area contributed by atoms with Crippen molar-refractivity contribution in [3.8, 4) is 11.4 Å². The molecule has 51 heavy (non-hydrogen) atoms. The van der Waals surface area contributed by atoms with Crippen molar-refractivity contribution in [2.24, 2.45) is 0 Å². The first-order valence-corrected chi connectivity index (χ1v) is 17.2. The van der Waals surface area contributed by atoms with Gasteiger partial charge in [0, 0.05) is 62.4 Å². The van der Waals surface area contributed by atoms with Gasteiger partial charge in [-0.05, 0) is 60.7 Å². The molecular weight excluding hydrogens is 699 g/mol. The average Bonchev–Trinajstić information content (AvgIpc) is 3.91. The molecule has 0 aliphatic carbocycles. The van der Waals surface area contributed by atoms with Crippen molar-refractivity contribution in [2.75, 3.05) is 63.4 Å². The largest absolute Gasteiger partial charge is 0.491 e. The lowest BCUT2D eigenvalue weighted by Gasteiger charge is -2.37. The first kappa shape index (κ1) is 35.0. The molecule has 0 bridgehead atoms. The minimum Gasteiger partial charge on any atom is -0.491 e. The van der Waals surface area contributed by atoms with Crippen molar-refractivity contribution in [3.05, 3.63) is 112 Å². The van der Waals surface area contributed by atoms with Gasteiger partial charge in [0.25, 0.3) is 0 Å². The Morgan fingerprint density at radius 3 is 2.18 bits per heavy atom. The van der Waals surface area contributed by atoms with E-state index in [0.29, 0.717) is 28.8 Å². The summed E-state index contributed by atoms with van der Waals surface area (Å²) in [6.07, 6.45) is 3.69. The van der Waals surface area contributed by atoms with Crippen LogP contribution in [0, 0.1) is 0 Å². The highest BCUT2D eigenvalue weighted by Crippen LogP contribution is 2.40.